The summed E-state index contributed by atoms with van der Waals surface area (Å²) in [6.07, 6.45) is 7.97. The molecule has 0 bridgehead atoms. The summed E-state index contributed by atoms with van der Waals surface area (Å²) in [6.45, 7) is 3.02. The second-order valence-corrected chi connectivity index (χ2v) is 6.34. The van der Waals surface area contributed by atoms with Gasteiger partial charge in [0.2, 0.25) is 0 Å². The monoisotopic (exact) mass is 261 g/mol. The summed E-state index contributed by atoms with van der Waals surface area (Å²) >= 11 is 0. The standard InChI is InChI=1S/C17H24FN/c1-12-10-13(6-9-17(12)18)16-5-3-2-4-14(16)11-19-15-7-8-15/h6,9-10,14-16,19H,2-5,7-8,11H2,1H3. The van der Waals surface area contributed by atoms with Gasteiger partial charge in [0.25, 0.3) is 0 Å². The molecular weight excluding hydrogens is 237 g/mol. The van der Waals surface area contributed by atoms with Gasteiger partial charge in [0.05, 0.1) is 0 Å². The van der Waals surface area contributed by atoms with E-state index in [0.29, 0.717) is 5.92 Å². The zero-order valence-corrected chi connectivity index (χ0v) is 11.8. The second kappa shape index (κ2) is 5.62. The van der Waals surface area contributed by atoms with Gasteiger partial charge in [-0.05, 0) is 68.2 Å². The lowest BCUT2D eigenvalue weighted by atomic mass is 9.75. The first-order valence-electron chi connectivity index (χ1n) is 7.73. The van der Waals surface area contributed by atoms with Crippen molar-refractivity contribution in [2.75, 3.05) is 6.54 Å². The number of halogens is 1. The Morgan fingerprint density at radius 1 is 1.16 bits per heavy atom. The number of hydrogen-bond donors (Lipinski definition) is 1. The Hall–Kier alpha value is -0.890. The molecule has 0 aromatic heterocycles. The molecular formula is C17H24FN. The van der Waals surface area contributed by atoms with Crippen LogP contribution < -0.4 is 5.32 Å². The normalized spacial score (nSPS) is 27.5. The first kappa shape index (κ1) is 13.1. The Balaban J connectivity index is 1.72. The van der Waals surface area contributed by atoms with Gasteiger partial charge in [-0.1, -0.05) is 25.0 Å². The van der Waals surface area contributed by atoms with Crippen LogP contribution in [0.25, 0.3) is 0 Å². The molecule has 2 aliphatic rings. The van der Waals surface area contributed by atoms with Crippen molar-refractivity contribution < 1.29 is 4.39 Å². The molecule has 1 nitrogen and oxygen atoms in total. The number of hydrogen-bond acceptors (Lipinski definition) is 1. The van der Waals surface area contributed by atoms with Gasteiger partial charge in [-0.3, -0.25) is 0 Å². The molecule has 2 fully saturated rings. The van der Waals surface area contributed by atoms with Gasteiger partial charge in [0.15, 0.2) is 0 Å². The molecule has 2 unspecified atom stereocenters. The fraction of sp³-hybridized carbons (Fsp3) is 0.647. The highest BCUT2D eigenvalue weighted by molar-refractivity contribution is 5.27. The van der Waals surface area contributed by atoms with Gasteiger partial charge >= 0.3 is 0 Å². The van der Waals surface area contributed by atoms with Crippen LogP contribution in [0, 0.1) is 18.7 Å². The van der Waals surface area contributed by atoms with E-state index in [1.165, 1.54) is 44.1 Å². The summed E-state index contributed by atoms with van der Waals surface area (Å²) in [5, 5.41) is 3.68. The van der Waals surface area contributed by atoms with E-state index >= 15 is 0 Å². The molecule has 2 atom stereocenters. The fourth-order valence-corrected chi connectivity index (χ4v) is 3.39. The Bertz CT molecular complexity index is 439. The minimum atomic E-state index is -0.0767. The van der Waals surface area contributed by atoms with E-state index in [1.807, 2.05) is 13.0 Å². The largest absolute Gasteiger partial charge is 0.314 e. The lowest BCUT2D eigenvalue weighted by Crippen LogP contribution is -2.30. The van der Waals surface area contributed by atoms with E-state index in [-0.39, 0.29) is 5.82 Å². The van der Waals surface area contributed by atoms with Crippen LogP contribution in [0.15, 0.2) is 18.2 Å². The molecule has 0 spiro atoms. The molecule has 0 saturated heterocycles. The van der Waals surface area contributed by atoms with Gasteiger partial charge in [0, 0.05) is 6.04 Å². The molecule has 0 heterocycles. The average Bonchev–Trinajstić information content (AvgIpc) is 3.24. The van der Waals surface area contributed by atoms with E-state index in [1.54, 1.807) is 6.07 Å². The predicted octanol–water partition coefficient (Wildman–Crippen LogP) is 4.16. The Labute approximate surface area is 115 Å². The zero-order valence-electron chi connectivity index (χ0n) is 11.8. The van der Waals surface area contributed by atoms with Crippen LogP contribution in [0.5, 0.6) is 0 Å². The lowest BCUT2D eigenvalue weighted by molar-refractivity contribution is 0.294. The molecule has 104 valence electrons. The third kappa shape index (κ3) is 3.17. The van der Waals surface area contributed by atoms with E-state index in [9.17, 15) is 4.39 Å². The molecule has 0 amide bonds. The van der Waals surface area contributed by atoms with Crippen molar-refractivity contribution in [3.63, 3.8) is 0 Å². The molecule has 1 N–H and O–H groups in total. The summed E-state index contributed by atoms with van der Waals surface area (Å²) in [6, 6.07) is 6.50. The van der Waals surface area contributed by atoms with Gasteiger partial charge < -0.3 is 5.32 Å². The van der Waals surface area contributed by atoms with Crippen molar-refractivity contribution in [1.29, 1.82) is 0 Å². The maximum atomic E-state index is 13.4. The molecule has 1 aromatic carbocycles. The molecule has 3 rings (SSSR count). The zero-order chi connectivity index (χ0) is 13.2. The van der Waals surface area contributed by atoms with Gasteiger partial charge in [-0.2, -0.15) is 0 Å². The summed E-state index contributed by atoms with van der Waals surface area (Å²) in [4.78, 5) is 0. The van der Waals surface area contributed by atoms with Gasteiger partial charge in [0.1, 0.15) is 5.82 Å². The Kier molecular flexibility index (Phi) is 3.88. The molecule has 19 heavy (non-hydrogen) atoms. The van der Waals surface area contributed by atoms with E-state index < -0.39 is 0 Å². The highest BCUT2D eigenvalue weighted by Crippen LogP contribution is 2.38. The Morgan fingerprint density at radius 2 is 1.95 bits per heavy atom. The highest BCUT2D eigenvalue weighted by atomic mass is 19.1. The van der Waals surface area contributed by atoms with E-state index in [0.717, 1.165) is 24.1 Å². The third-order valence-corrected chi connectivity index (χ3v) is 4.77. The summed E-state index contributed by atoms with van der Waals surface area (Å²) < 4.78 is 13.4. The van der Waals surface area contributed by atoms with Crippen molar-refractivity contribution >= 4 is 0 Å². The Morgan fingerprint density at radius 3 is 2.68 bits per heavy atom. The summed E-state index contributed by atoms with van der Waals surface area (Å²) in [5.74, 6) is 1.28. The van der Waals surface area contributed by atoms with Crippen molar-refractivity contribution in [1.82, 2.24) is 5.32 Å². The van der Waals surface area contributed by atoms with Crippen LogP contribution in [0.3, 0.4) is 0 Å². The molecule has 2 saturated carbocycles. The van der Waals surface area contributed by atoms with Crippen LogP contribution in [0.4, 0.5) is 4.39 Å². The fourth-order valence-electron chi connectivity index (χ4n) is 3.39. The minimum Gasteiger partial charge on any atom is -0.314 e. The molecule has 0 aliphatic heterocycles. The lowest BCUT2D eigenvalue weighted by Gasteiger charge is -2.32. The van der Waals surface area contributed by atoms with E-state index in [4.69, 9.17) is 0 Å². The minimum absolute atomic E-state index is 0.0767. The van der Waals surface area contributed by atoms with Crippen LogP contribution in [0.2, 0.25) is 0 Å². The SMILES string of the molecule is Cc1cc(C2CCCCC2CNC2CC2)ccc1F. The molecule has 2 aliphatic carbocycles. The van der Waals surface area contributed by atoms with Gasteiger partial charge in [-0.25, -0.2) is 4.39 Å². The first-order chi connectivity index (χ1) is 9.24. The topological polar surface area (TPSA) is 12.0 Å². The van der Waals surface area contributed by atoms with Crippen molar-refractivity contribution in [3.05, 3.63) is 35.1 Å². The van der Waals surface area contributed by atoms with Crippen molar-refractivity contribution in [3.8, 4) is 0 Å². The number of benzene rings is 1. The summed E-state index contributed by atoms with van der Waals surface area (Å²) in [7, 11) is 0. The van der Waals surface area contributed by atoms with Crippen molar-refractivity contribution in [2.24, 2.45) is 5.92 Å². The summed E-state index contributed by atoms with van der Waals surface area (Å²) in [5.41, 5.74) is 2.14. The maximum Gasteiger partial charge on any atom is 0.126 e. The van der Waals surface area contributed by atoms with Gasteiger partial charge in [-0.15, -0.1) is 0 Å². The maximum absolute atomic E-state index is 13.4. The predicted molar refractivity (Wildman–Crippen MR) is 76.9 cm³/mol. The van der Waals surface area contributed by atoms with Crippen LogP contribution >= 0.6 is 0 Å². The molecule has 2 heteroatoms. The quantitative estimate of drug-likeness (QED) is 0.858. The second-order valence-electron chi connectivity index (χ2n) is 6.34. The van der Waals surface area contributed by atoms with Crippen LogP contribution in [-0.4, -0.2) is 12.6 Å². The first-order valence-corrected chi connectivity index (χ1v) is 7.73. The molecule has 0 radical (unpaired) electrons. The molecule has 1 aromatic rings. The number of nitrogens with one attached hydrogen (secondary N) is 1. The third-order valence-electron chi connectivity index (χ3n) is 4.77. The highest BCUT2D eigenvalue weighted by Gasteiger charge is 2.29. The number of aryl methyl sites for hydroxylation is 1. The van der Waals surface area contributed by atoms with Crippen molar-refractivity contribution in [2.45, 2.75) is 57.4 Å². The van der Waals surface area contributed by atoms with Crippen LogP contribution in [0.1, 0.15) is 55.6 Å². The number of rotatable bonds is 4. The average molecular weight is 261 g/mol. The van der Waals surface area contributed by atoms with Crippen LogP contribution in [-0.2, 0) is 0 Å². The smallest absolute Gasteiger partial charge is 0.126 e. The van der Waals surface area contributed by atoms with E-state index in [2.05, 4.69) is 11.4 Å².